The molecule has 1 rings (SSSR count). The Morgan fingerprint density at radius 3 is 2.85 bits per heavy atom. The molecule has 0 bridgehead atoms. The van der Waals surface area contributed by atoms with Gasteiger partial charge in [-0.1, -0.05) is 0 Å². The van der Waals surface area contributed by atoms with E-state index in [4.69, 9.17) is 5.73 Å². The fourth-order valence-electron chi connectivity index (χ4n) is 0.589. The Kier molecular flexibility index (Phi) is 2.80. The van der Waals surface area contributed by atoms with E-state index in [2.05, 4.69) is 10.4 Å². The highest BCUT2D eigenvalue weighted by Crippen LogP contribution is 2.00. The van der Waals surface area contributed by atoms with Crippen LogP contribution in [0.5, 0.6) is 0 Å². The molecule has 0 radical (unpaired) electrons. The number of urea groups is 1. The number of nitrogens with zero attached hydrogens (tertiary/aromatic N) is 2. The number of nitrogens with two attached hydrogens (primary N) is 1. The molecule has 6 nitrogen and oxygen atoms in total. The van der Waals surface area contributed by atoms with Crippen LogP contribution in [0.15, 0.2) is 10.9 Å². The zero-order valence-corrected chi connectivity index (χ0v) is 7.67. The minimum atomic E-state index is -0.733. The first kappa shape index (κ1) is 9.46. The summed E-state index contributed by atoms with van der Waals surface area (Å²) in [5.41, 5.74) is 8.93. The van der Waals surface area contributed by atoms with Gasteiger partial charge in [-0.05, 0) is 0 Å². The van der Waals surface area contributed by atoms with Crippen LogP contribution >= 0.6 is 11.3 Å². The summed E-state index contributed by atoms with van der Waals surface area (Å²) in [5.74, 6) is -0.456. The van der Waals surface area contributed by atoms with Gasteiger partial charge in [0.2, 0.25) is 0 Å². The van der Waals surface area contributed by atoms with E-state index in [0.717, 1.165) is 5.01 Å². The fraction of sp³-hybridized carbons (Fsp3) is 0.167. The van der Waals surface area contributed by atoms with Crippen LogP contribution in [0.3, 0.4) is 0 Å². The topological polar surface area (TPSA) is 88.3 Å². The maximum absolute atomic E-state index is 11.2. The molecule has 0 unspecified atom stereocenters. The van der Waals surface area contributed by atoms with Crippen LogP contribution < -0.4 is 11.2 Å². The SMILES string of the molecule is CN(NC(=O)c1cscn1)C(N)=O. The van der Waals surface area contributed by atoms with E-state index < -0.39 is 11.9 Å². The van der Waals surface area contributed by atoms with Crippen molar-refractivity contribution in [3.63, 3.8) is 0 Å². The van der Waals surface area contributed by atoms with Crippen molar-refractivity contribution in [3.8, 4) is 0 Å². The molecule has 3 amide bonds. The van der Waals surface area contributed by atoms with Crippen molar-refractivity contribution in [2.45, 2.75) is 0 Å². The average Bonchev–Trinajstić information content (AvgIpc) is 2.55. The Labute approximate surface area is 78.3 Å². The average molecular weight is 200 g/mol. The highest BCUT2D eigenvalue weighted by atomic mass is 32.1. The molecule has 70 valence electrons. The molecule has 13 heavy (non-hydrogen) atoms. The molecular formula is C6H8N4O2S. The van der Waals surface area contributed by atoms with Crippen LogP contribution in [-0.4, -0.2) is 29.0 Å². The van der Waals surface area contributed by atoms with Crippen LogP contribution in [0.4, 0.5) is 4.79 Å². The van der Waals surface area contributed by atoms with Gasteiger partial charge in [-0.3, -0.25) is 10.2 Å². The molecule has 0 saturated carbocycles. The molecule has 3 N–H and O–H groups in total. The lowest BCUT2D eigenvalue weighted by Gasteiger charge is -2.13. The Morgan fingerprint density at radius 2 is 2.38 bits per heavy atom. The third-order valence-corrected chi connectivity index (χ3v) is 1.85. The lowest BCUT2D eigenvalue weighted by molar-refractivity contribution is 0.0855. The van der Waals surface area contributed by atoms with Crippen LogP contribution in [0, 0.1) is 0 Å². The van der Waals surface area contributed by atoms with Gasteiger partial charge in [-0.15, -0.1) is 11.3 Å². The van der Waals surface area contributed by atoms with Crippen LogP contribution in [-0.2, 0) is 0 Å². The predicted molar refractivity (Wildman–Crippen MR) is 46.9 cm³/mol. The first-order valence-electron chi connectivity index (χ1n) is 3.33. The first-order valence-corrected chi connectivity index (χ1v) is 4.28. The normalized spacial score (nSPS) is 9.31. The monoisotopic (exact) mass is 200 g/mol. The van der Waals surface area contributed by atoms with Crippen molar-refractivity contribution in [2.75, 3.05) is 7.05 Å². The highest BCUT2D eigenvalue weighted by molar-refractivity contribution is 7.07. The molecule has 0 atom stereocenters. The van der Waals surface area contributed by atoms with Gasteiger partial charge < -0.3 is 5.73 Å². The van der Waals surface area contributed by atoms with Gasteiger partial charge >= 0.3 is 6.03 Å². The maximum Gasteiger partial charge on any atom is 0.333 e. The van der Waals surface area contributed by atoms with Crippen molar-refractivity contribution < 1.29 is 9.59 Å². The summed E-state index contributed by atoms with van der Waals surface area (Å²) in [4.78, 5) is 25.5. The second-order valence-corrected chi connectivity index (χ2v) is 2.93. The second kappa shape index (κ2) is 3.85. The number of hydrogen-bond donors (Lipinski definition) is 2. The number of carbonyl (C=O) groups is 2. The summed E-state index contributed by atoms with van der Waals surface area (Å²) in [6, 6.07) is -0.733. The van der Waals surface area contributed by atoms with Gasteiger partial charge in [0, 0.05) is 12.4 Å². The van der Waals surface area contributed by atoms with Gasteiger partial charge in [-0.2, -0.15) is 0 Å². The van der Waals surface area contributed by atoms with Gasteiger partial charge in [0.25, 0.3) is 5.91 Å². The zero-order valence-electron chi connectivity index (χ0n) is 6.85. The van der Waals surface area contributed by atoms with Crippen LogP contribution in [0.25, 0.3) is 0 Å². The highest BCUT2D eigenvalue weighted by Gasteiger charge is 2.11. The van der Waals surface area contributed by atoms with Gasteiger partial charge in [-0.25, -0.2) is 14.8 Å². The molecule has 1 aromatic heterocycles. The van der Waals surface area contributed by atoms with Crippen molar-refractivity contribution in [1.82, 2.24) is 15.4 Å². The predicted octanol–water partition coefficient (Wildman–Crippen LogP) is -0.202. The lowest BCUT2D eigenvalue weighted by atomic mass is 10.5. The number of aromatic nitrogens is 1. The van der Waals surface area contributed by atoms with Gasteiger partial charge in [0.15, 0.2) is 0 Å². The van der Waals surface area contributed by atoms with Crippen molar-refractivity contribution in [1.29, 1.82) is 0 Å². The van der Waals surface area contributed by atoms with Crippen molar-refractivity contribution in [2.24, 2.45) is 5.73 Å². The Hall–Kier alpha value is -1.63. The molecule has 0 fully saturated rings. The molecule has 1 aromatic rings. The Balaban J connectivity index is 2.56. The summed E-state index contributed by atoms with van der Waals surface area (Å²) < 4.78 is 0. The molecular weight excluding hydrogens is 192 g/mol. The summed E-state index contributed by atoms with van der Waals surface area (Å²) >= 11 is 1.30. The van der Waals surface area contributed by atoms with E-state index in [1.54, 1.807) is 5.38 Å². The van der Waals surface area contributed by atoms with E-state index >= 15 is 0 Å². The Bertz CT molecular complexity index is 310. The maximum atomic E-state index is 11.2. The number of hydrazine groups is 1. The summed E-state index contributed by atoms with van der Waals surface area (Å²) in [6.07, 6.45) is 0. The minimum absolute atomic E-state index is 0.262. The van der Waals surface area contributed by atoms with Crippen LogP contribution in [0.1, 0.15) is 10.5 Å². The van der Waals surface area contributed by atoms with Crippen LogP contribution in [0.2, 0.25) is 0 Å². The number of thiazole rings is 1. The van der Waals surface area contributed by atoms with E-state index in [9.17, 15) is 9.59 Å². The standard InChI is InChI=1S/C6H8N4O2S/c1-10(6(7)12)9-5(11)4-2-13-3-8-4/h2-3H,1H3,(H2,7,12)(H,9,11). The molecule has 0 saturated heterocycles. The molecule has 0 spiro atoms. The number of carbonyl (C=O) groups excluding carboxylic acids is 2. The minimum Gasteiger partial charge on any atom is -0.350 e. The third kappa shape index (κ3) is 2.41. The lowest BCUT2D eigenvalue weighted by Crippen LogP contribution is -2.46. The van der Waals surface area contributed by atoms with E-state index in [1.165, 1.54) is 23.9 Å². The van der Waals surface area contributed by atoms with E-state index in [1.807, 2.05) is 0 Å². The number of hydrogen-bond acceptors (Lipinski definition) is 4. The summed E-state index contributed by atoms with van der Waals surface area (Å²) in [7, 11) is 1.35. The molecule has 7 heteroatoms. The van der Waals surface area contributed by atoms with E-state index in [-0.39, 0.29) is 5.69 Å². The number of amides is 3. The van der Waals surface area contributed by atoms with Crippen molar-refractivity contribution in [3.05, 3.63) is 16.6 Å². The van der Waals surface area contributed by atoms with E-state index in [0.29, 0.717) is 0 Å². The number of nitrogens with one attached hydrogen (secondary N) is 1. The molecule has 0 aromatic carbocycles. The number of rotatable bonds is 1. The number of primary amides is 1. The van der Waals surface area contributed by atoms with Crippen molar-refractivity contribution >= 4 is 23.3 Å². The fourth-order valence-corrected chi connectivity index (χ4v) is 1.12. The first-order chi connectivity index (χ1) is 6.11. The largest absolute Gasteiger partial charge is 0.350 e. The molecule has 1 heterocycles. The summed E-state index contributed by atoms with van der Waals surface area (Å²) in [6.45, 7) is 0. The zero-order chi connectivity index (χ0) is 9.84. The van der Waals surface area contributed by atoms with Gasteiger partial charge in [0.05, 0.1) is 5.51 Å². The molecule has 0 aliphatic carbocycles. The van der Waals surface area contributed by atoms with Gasteiger partial charge in [0.1, 0.15) is 5.69 Å². The quantitative estimate of drug-likeness (QED) is 0.615. The Morgan fingerprint density at radius 1 is 1.69 bits per heavy atom. The molecule has 0 aliphatic heterocycles. The molecule has 0 aliphatic rings. The third-order valence-electron chi connectivity index (χ3n) is 1.26. The summed E-state index contributed by atoms with van der Waals surface area (Å²) in [5, 5.41) is 2.46. The smallest absolute Gasteiger partial charge is 0.333 e. The second-order valence-electron chi connectivity index (χ2n) is 2.21.